The second-order valence-electron chi connectivity index (χ2n) is 8.47. The molecule has 3 fully saturated rings. The number of thioether (sulfide) groups is 1. The molecule has 4 rings (SSSR count). The average Bonchev–Trinajstić information content (AvgIpc) is 3.07. The zero-order valence-corrected chi connectivity index (χ0v) is 18.1. The number of carbonyl (C=O) groups excluding carboxylic acids is 2. The Morgan fingerprint density at radius 3 is 2.76 bits per heavy atom. The summed E-state index contributed by atoms with van der Waals surface area (Å²) in [5.74, 6) is 1.01. The summed E-state index contributed by atoms with van der Waals surface area (Å²) in [4.78, 5) is 33.9. The summed E-state index contributed by atoms with van der Waals surface area (Å²) in [5.41, 5.74) is 0.454. The zero-order chi connectivity index (χ0) is 20.3. The highest BCUT2D eigenvalue weighted by molar-refractivity contribution is 7.99. The predicted molar refractivity (Wildman–Crippen MR) is 113 cm³/mol. The van der Waals surface area contributed by atoms with E-state index in [1.54, 1.807) is 18.0 Å². The van der Waals surface area contributed by atoms with Crippen LogP contribution in [0.1, 0.15) is 68.6 Å². The van der Waals surface area contributed by atoms with Crippen molar-refractivity contribution in [3.05, 3.63) is 23.9 Å². The summed E-state index contributed by atoms with van der Waals surface area (Å²) in [5, 5.41) is 0.823. The SMILES string of the molecule is CCCSc1ncccc1C(=O)N1CCC(N2CC3(CCCCC3)OC2=O)CC1. The second-order valence-corrected chi connectivity index (χ2v) is 9.55. The van der Waals surface area contributed by atoms with E-state index in [-0.39, 0.29) is 23.6 Å². The van der Waals surface area contributed by atoms with Crippen molar-refractivity contribution in [3.63, 3.8) is 0 Å². The molecular weight excluding hydrogens is 386 g/mol. The number of aromatic nitrogens is 1. The van der Waals surface area contributed by atoms with Gasteiger partial charge in [0.05, 0.1) is 12.1 Å². The molecule has 0 radical (unpaired) electrons. The number of pyridine rings is 1. The van der Waals surface area contributed by atoms with Gasteiger partial charge in [0.2, 0.25) is 0 Å². The van der Waals surface area contributed by atoms with Crippen LogP contribution in [0.3, 0.4) is 0 Å². The molecule has 1 saturated carbocycles. The van der Waals surface area contributed by atoms with Crippen LogP contribution in [0.2, 0.25) is 0 Å². The lowest BCUT2D eigenvalue weighted by molar-refractivity contribution is 0.0259. The van der Waals surface area contributed by atoms with Crippen molar-refractivity contribution in [2.45, 2.75) is 75.0 Å². The fourth-order valence-electron chi connectivity index (χ4n) is 4.80. The van der Waals surface area contributed by atoms with E-state index >= 15 is 0 Å². The van der Waals surface area contributed by atoms with Crippen molar-refractivity contribution in [2.75, 3.05) is 25.4 Å². The standard InChI is InChI=1S/C22H31N3O3S/c1-2-15-29-19-18(7-6-12-23-19)20(26)24-13-8-17(9-14-24)25-16-22(28-21(25)27)10-4-3-5-11-22/h6-7,12,17H,2-5,8-11,13-16H2,1H3. The van der Waals surface area contributed by atoms with Gasteiger partial charge in [0.15, 0.2) is 0 Å². The Hall–Kier alpha value is -1.76. The highest BCUT2D eigenvalue weighted by Crippen LogP contribution is 2.38. The first-order valence-corrected chi connectivity index (χ1v) is 12.0. The monoisotopic (exact) mass is 417 g/mol. The van der Waals surface area contributed by atoms with Gasteiger partial charge in [0.25, 0.3) is 5.91 Å². The van der Waals surface area contributed by atoms with Crippen LogP contribution in [-0.4, -0.2) is 63.8 Å². The lowest BCUT2D eigenvalue weighted by Crippen LogP contribution is -2.48. The average molecular weight is 418 g/mol. The maximum atomic E-state index is 13.1. The van der Waals surface area contributed by atoms with Crippen LogP contribution in [0.5, 0.6) is 0 Å². The molecule has 1 aliphatic carbocycles. The van der Waals surface area contributed by atoms with Crippen LogP contribution in [0.25, 0.3) is 0 Å². The number of carbonyl (C=O) groups is 2. The first-order chi connectivity index (χ1) is 14.1. The van der Waals surface area contributed by atoms with E-state index in [4.69, 9.17) is 4.74 Å². The number of rotatable bonds is 5. The molecule has 1 aromatic heterocycles. The minimum absolute atomic E-state index is 0.0582. The molecule has 29 heavy (non-hydrogen) atoms. The number of nitrogens with zero attached hydrogens (tertiary/aromatic N) is 3. The number of likely N-dealkylation sites (tertiary alicyclic amines) is 1. The Kier molecular flexibility index (Phi) is 6.32. The molecular formula is C22H31N3O3S. The van der Waals surface area contributed by atoms with Gasteiger partial charge >= 0.3 is 6.09 Å². The summed E-state index contributed by atoms with van der Waals surface area (Å²) in [6.07, 6.45) is 9.80. The molecule has 0 N–H and O–H groups in total. The van der Waals surface area contributed by atoms with Gasteiger partial charge in [-0.2, -0.15) is 0 Å². The number of ether oxygens (including phenoxy) is 1. The normalized spacial score (nSPS) is 22.2. The molecule has 2 aliphatic heterocycles. The minimum Gasteiger partial charge on any atom is -0.441 e. The van der Waals surface area contributed by atoms with E-state index in [0.29, 0.717) is 18.7 Å². The molecule has 158 valence electrons. The molecule has 1 aromatic rings. The lowest BCUT2D eigenvalue weighted by atomic mass is 9.84. The predicted octanol–water partition coefficient (Wildman–Crippen LogP) is 4.34. The molecule has 3 heterocycles. The van der Waals surface area contributed by atoms with E-state index in [9.17, 15) is 9.59 Å². The lowest BCUT2D eigenvalue weighted by Gasteiger charge is -2.36. The second kappa shape index (κ2) is 8.94. The molecule has 2 amide bonds. The molecule has 3 aliphatic rings. The van der Waals surface area contributed by atoms with E-state index in [1.165, 1.54) is 6.42 Å². The Morgan fingerprint density at radius 1 is 1.28 bits per heavy atom. The van der Waals surface area contributed by atoms with Crippen LogP contribution in [0.15, 0.2) is 23.4 Å². The maximum absolute atomic E-state index is 13.1. The first-order valence-electron chi connectivity index (χ1n) is 11.0. The first kappa shape index (κ1) is 20.5. The molecule has 7 heteroatoms. The van der Waals surface area contributed by atoms with Crippen molar-refractivity contribution in [1.82, 2.24) is 14.8 Å². The van der Waals surface area contributed by atoms with Crippen molar-refractivity contribution in [3.8, 4) is 0 Å². The van der Waals surface area contributed by atoms with Crippen LogP contribution >= 0.6 is 11.8 Å². The zero-order valence-electron chi connectivity index (χ0n) is 17.3. The van der Waals surface area contributed by atoms with Gasteiger partial charge in [-0.05, 0) is 62.8 Å². The molecule has 0 aromatic carbocycles. The van der Waals surface area contributed by atoms with Gasteiger partial charge < -0.3 is 14.5 Å². The van der Waals surface area contributed by atoms with Gasteiger partial charge in [-0.25, -0.2) is 9.78 Å². The molecule has 1 spiro atoms. The van der Waals surface area contributed by atoms with Crippen LogP contribution in [0.4, 0.5) is 4.79 Å². The highest BCUT2D eigenvalue weighted by Gasteiger charge is 2.48. The third kappa shape index (κ3) is 4.39. The fourth-order valence-corrected chi connectivity index (χ4v) is 5.65. The fraction of sp³-hybridized carbons (Fsp3) is 0.682. The van der Waals surface area contributed by atoms with Gasteiger partial charge in [-0.1, -0.05) is 13.3 Å². The van der Waals surface area contributed by atoms with Crippen molar-refractivity contribution in [2.24, 2.45) is 0 Å². The number of piperidine rings is 1. The number of hydrogen-bond acceptors (Lipinski definition) is 5. The maximum Gasteiger partial charge on any atom is 0.410 e. The van der Waals surface area contributed by atoms with E-state index < -0.39 is 0 Å². The molecule has 6 nitrogen and oxygen atoms in total. The molecule has 2 saturated heterocycles. The van der Waals surface area contributed by atoms with Crippen LogP contribution < -0.4 is 0 Å². The Balaban J connectivity index is 1.36. The third-order valence-electron chi connectivity index (χ3n) is 6.40. The van der Waals surface area contributed by atoms with E-state index in [1.807, 2.05) is 21.9 Å². The third-order valence-corrected chi connectivity index (χ3v) is 7.61. The quantitative estimate of drug-likeness (QED) is 0.667. The minimum atomic E-state index is -0.247. The summed E-state index contributed by atoms with van der Waals surface area (Å²) in [6, 6.07) is 3.89. The molecule has 0 unspecified atom stereocenters. The number of hydrogen-bond donors (Lipinski definition) is 0. The summed E-state index contributed by atoms with van der Waals surface area (Å²) in [7, 11) is 0. The van der Waals surface area contributed by atoms with Crippen LogP contribution in [-0.2, 0) is 4.74 Å². The molecule has 0 bridgehead atoms. The number of amides is 2. The van der Waals surface area contributed by atoms with Crippen molar-refractivity contribution < 1.29 is 14.3 Å². The van der Waals surface area contributed by atoms with Gasteiger partial charge in [-0.15, -0.1) is 11.8 Å². The topological polar surface area (TPSA) is 62.7 Å². The summed E-state index contributed by atoms with van der Waals surface area (Å²) >= 11 is 1.64. The highest BCUT2D eigenvalue weighted by atomic mass is 32.2. The summed E-state index contributed by atoms with van der Waals surface area (Å²) < 4.78 is 5.85. The Bertz CT molecular complexity index is 743. The Morgan fingerprint density at radius 2 is 2.03 bits per heavy atom. The van der Waals surface area contributed by atoms with Gasteiger partial charge in [-0.3, -0.25) is 4.79 Å². The van der Waals surface area contributed by atoms with E-state index in [0.717, 1.165) is 62.3 Å². The van der Waals surface area contributed by atoms with Gasteiger partial charge in [0.1, 0.15) is 10.6 Å². The summed E-state index contributed by atoms with van der Waals surface area (Å²) in [6.45, 7) is 4.20. The smallest absolute Gasteiger partial charge is 0.410 e. The van der Waals surface area contributed by atoms with Gasteiger partial charge in [0, 0.05) is 25.3 Å². The van der Waals surface area contributed by atoms with E-state index in [2.05, 4.69) is 11.9 Å². The molecule has 0 atom stereocenters. The van der Waals surface area contributed by atoms with Crippen molar-refractivity contribution >= 4 is 23.8 Å². The van der Waals surface area contributed by atoms with Crippen molar-refractivity contribution in [1.29, 1.82) is 0 Å². The Labute approximate surface area is 177 Å². The largest absolute Gasteiger partial charge is 0.441 e. The van der Waals surface area contributed by atoms with Crippen LogP contribution in [0, 0.1) is 0 Å².